The van der Waals surface area contributed by atoms with Gasteiger partial charge in [-0.2, -0.15) is 0 Å². The fourth-order valence-electron chi connectivity index (χ4n) is 3.93. The van der Waals surface area contributed by atoms with Crippen LogP contribution in [-0.4, -0.2) is 57.5 Å². The predicted octanol–water partition coefficient (Wildman–Crippen LogP) is 2.19. The van der Waals surface area contributed by atoms with Crippen LogP contribution in [0.3, 0.4) is 0 Å². The lowest BCUT2D eigenvalue weighted by molar-refractivity contribution is 0.0297. The lowest BCUT2D eigenvalue weighted by Crippen LogP contribution is -2.41. The Labute approximate surface area is 162 Å². The average Bonchev–Trinajstić information content (AvgIpc) is 3.44. The Kier molecular flexibility index (Phi) is 4.74. The molecule has 2 fully saturated rings. The van der Waals surface area contributed by atoms with Crippen LogP contribution in [0.15, 0.2) is 29.0 Å². The molecule has 1 unspecified atom stereocenters. The molecule has 0 aliphatic carbocycles. The predicted molar refractivity (Wildman–Crippen MR) is 103 cm³/mol. The molecule has 28 heavy (non-hydrogen) atoms. The van der Waals surface area contributed by atoms with Gasteiger partial charge in [0.1, 0.15) is 0 Å². The third-order valence-corrected chi connectivity index (χ3v) is 5.35. The van der Waals surface area contributed by atoms with Crippen LogP contribution in [0, 0.1) is 0 Å². The van der Waals surface area contributed by atoms with Crippen molar-refractivity contribution in [2.45, 2.75) is 38.4 Å². The molecule has 9 nitrogen and oxygen atoms in total. The van der Waals surface area contributed by atoms with Crippen LogP contribution >= 0.6 is 0 Å². The van der Waals surface area contributed by atoms with Gasteiger partial charge in [-0.15, -0.1) is 0 Å². The van der Waals surface area contributed by atoms with Gasteiger partial charge < -0.3 is 14.5 Å². The van der Waals surface area contributed by atoms with Crippen molar-refractivity contribution in [1.82, 2.24) is 25.3 Å². The van der Waals surface area contributed by atoms with Gasteiger partial charge in [0.25, 0.3) is 0 Å². The Balaban J connectivity index is 1.37. The molecule has 2 saturated heterocycles. The topological polar surface area (TPSA) is 93.3 Å². The van der Waals surface area contributed by atoms with Crippen molar-refractivity contribution in [3.63, 3.8) is 0 Å². The van der Waals surface area contributed by atoms with Gasteiger partial charge in [-0.3, -0.25) is 4.98 Å². The SMILES string of the molecule is c1ccc(COC2CCCN(c3nc4nonc4nc3N3CCCC3)C2)nc1. The Bertz CT molecular complexity index is 926. The molecule has 0 aromatic carbocycles. The van der Waals surface area contributed by atoms with Crippen LogP contribution in [0.25, 0.3) is 11.3 Å². The standard InChI is InChI=1S/C19H23N7O2/c1-2-8-20-14(6-1)13-27-15-7-5-11-26(12-15)19-18(25-9-3-4-10-25)21-16-17(22-19)24-28-23-16/h1-2,6,8,15H,3-5,7,9-13H2. The second-order valence-electron chi connectivity index (χ2n) is 7.32. The molecule has 2 aliphatic heterocycles. The highest BCUT2D eigenvalue weighted by Gasteiger charge is 2.28. The van der Waals surface area contributed by atoms with Gasteiger partial charge in [-0.1, -0.05) is 6.07 Å². The summed E-state index contributed by atoms with van der Waals surface area (Å²) in [4.78, 5) is 18.4. The molecule has 0 radical (unpaired) electrons. The van der Waals surface area contributed by atoms with E-state index in [0.29, 0.717) is 17.9 Å². The number of piperidine rings is 1. The summed E-state index contributed by atoms with van der Waals surface area (Å²) in [5, 5.41) is 7.77. The minimum atomic E-state index is 0.134. The molecule has 3 aromatic heterocycles. The number of pyridine rings is 1. The fraction of sp³-hybridized carbons (Fsp3) is 0.526. The van der Waals surface area contributed by atoms with Crippen molar-refractivity contribution in [1.29, 1.82) is 0 Å². The molecule has 1 atom stereocenters. The molecular formula is C19H23N7O2. The molecule has 146 valence electrons. The van der Waals surface area contributed by atoms with E-state index in [0.717, 1.165) is 56.4 Å². The van der Waals surface area contributed by atoms with E-state index in [2.05, 4.69) is 25.1 Å². The summed E-state index contributed by atoms with van der Waals surface area (Å²) in [7, 11) is 0. The van der Waals surface area contributed by atoms with Crippen LogP contribution in [0.4, 0.5) is 11.6 Å². The molecule has 0 bridgehead atoms. The van der Waals surface area contributed by atoms with Crippen molar-refractivity contribution in [3.8, 4) is 0 Å². The van der Waals surface area contributed by atoms with Gasteiger partial charge >= 0.3 is 0 Å². The second-order valence-corrected chi connectivity index (χ2v) is 7.32. The number of hydrogen-bond acceptors (Lipinski definition) is 9. The summed E-state index contributed by atoms with van der Waals surface area (Å²) < 4.78 is 11.0. The van der Waals surface area contributed by atoms with Gasteiger partial charge in [0.2, 0.25) is 11.3 Å². The van der Waals surface area contributed by atoms with E-state index in [1.165, 1.54) is 12.8 Å². The molecule has 0 saturated carbocycles. The Morgan fingerprint density at radius 3 is 2.46 bits per heavy atom. The summed E-state index contributed by atoms with van der Waals surface area (Å²) >= 11 is 0. The first-order valence-corrected chi connectivity index (χ1v) is 9.88. The Morgan fingerprint density at radius 2 is 1.71 bits per heavy atom. The first kappa shape index (κ1) is 17.3. The van der Waals surface area contributed by atoms with E-state index in [1.807, 2.05) is 18.2 Å². The zero-order chi connectivity index (χ0) is 18.8. The van der Waals surface area contributed by atoms with Crippen molar-refractivity contribution in [2.75, 3.05) is 36.0 Å². The molecule has 0 amide bonds. The lowest BCUT2D eigenvalue weighted by atomic mass is 10.1. The molecule has 5 rings (SSSR count). The van der Waals surface area contributed by atoms with E-state index in [9.17, 15) is 0 Å². The van der Waals surface area contributed by atoms with Crippen molar-refractivity contribution in [3.05, 3.63) is 30.1 Å². The largest absolute Gasteiger partial charge is 0.370 e. The Morgan fingerprint density at radius 1 is 0.964 bits per heavy atom. The zero-order valence-electron chi connectivity index (χ0n) is 15.7. The van der Waals surface area contributed by atoms with E-state index < -0.39 is 0 Å². The van der Waals surface area contributed by atoms with Crippen LogP contribution in [0.5, 0.6) is 0 Å². The fourth-order valence-corrected chi connectivity index (χ4v) is 3.93. The summed E-state index contributed by atoms with van der Waals surface area (Å²) in [6.45, 7) is 4.21. The summed E-state index contributed by atoms with van der Waals surface area (Å²) in [6.07, 6.45) is 6.35. The van der Waals surface area contributed by atoms with Crippen molar-refractivity contribution in [2.24, 2.45) is 0 Å². The normalized spacial score (nSPS) is 20.2. The highest BCUT2D eigenvalue weighted by molar-refractivity contribution is 5.75. The first-order valence-electron chi connectivity index (χ1n) is 9.88. The van der Waals surface area contributed by atoms with Gasteiger partial charge in [-0.25, -0.2) is 14.6 Å². The molecule has 5 heterocycles. The quantitative estimate of drug-likeness (QED) is 0.659. The zero-order valence-corrected chi connectivity index (χ0v) is 15.7. The molecule has 2 aliphatic rings. The van der Waals surface area contributed by atoms with E-state index >= 15 is 0 Å². The van der Waals surface area contributed by atoms with E-state index in [-0.39, 0.29) is 6.10 Å². The number of hydrogen-bond donors (Lipinski definition) is 0. The van der Waals surface area contributed by atoms with E-state index in [4.69, 9.17) is 19.3 Å². The summed E-state index contributed by atoms with van der Waals surface area (Å²) in [5.41, 5.74) is 1.87. The molecule has 9 heteroatoms. The lowest BCUT2D eigenvalue weighted by Gasteiger charge is -2.35. The van der Waals surface area contributed by atoms with Crippen molar-refractivity contribution >= 4 is 22.9 Å². The summed E-state index contributed by atoms with van der Waals surface area (Å²) in [6, 6.07) is 5.89. The summed E-state index contributed by atoms with van der Waals surface area (Å²) in [5.74, 6) is 1.74. The number of nitrogens with zero attached hydrogens (tertiary/aromatic N) is 7. The maximum Gasteiger partial charge on any atom is 0.245 e. The third kappa shape index (κ3) is 3.49. The number of ether oxygens (including phenoxy) is 1. The monoisotopic (exact) mass is 381 g/mol. The van der Waals surface area contributed by atoms with E-state index in [1.54, 1.807) is 6.20 Å². The van der Waals surface area contributed by atoms with Gasteiger partial charge in [0, 0.05) is 32.4 Å². The molecule has 3 aromatic rings. The highest BCUT2D eigenvalue weighted by Crippen LogP contribution is 2.32. The Hall–Kier alpha value is -2.81. The molecule has 0 N–H and O–H groups in total. The average molecular weight is 381 g/mol. The van der Waals surface area contributed by atoms with Crippen LogP contribution in [-0.2, 0) is 11.3 Å². The number of rotatable bonds is 5. The second kappa shape index (κ2) is 7.67. The minimum Gasteiger partial charge on any atom is -0.370 e. The smallest absolute Gasteiger partial charge is 0.245 e. The van der Waals surface area contributed by atoms with Crippen molar-refractivity contribution < 1.29 is 9.37 Å². The maximum atomic E-state index is 6.15. The maximum absolute atomic E-state index is 6.15. The number of fused-ring (bicyclic) bond motifs is 1. The third-order valence-electron chi connectivity index (χ3n) is 5.35. The molecule has 0 spiro atoms. The number of aromatic nitrogens is 5. The molecular weight excluding hydrogens is 358 g/mol. The van der Waals surface area contributed by atoms with Crippen LogP contribution < -0.4 is 9.80 Å². The van der Waals surface area contributed by atoms with Crippen LogP contribution in [0.2, 0.25) is 0 Å². The van der Waals surface area contributed by atoms with Crippen LogP contribution in [0.1, 0.15) is 31.4 Å². The first-order chi connectivity index (χ1) is 13.9. The highest BCUT2D eigenvalue weighted by atomic mass is 16.6. The van der Waals surface area contributed by atoms with Gasteiger partial charge in [0.15, 0.2) is 11.6 Å². The minimum absolute atomic E-state index is 0.134. The van der Waals surface area contributed by atoms with Gasteiger partial charge in [0.05, 0.1) is 18.4 Å². The van der Waals surface area contributed by atoms with Gasteiger partial charge in [-0.05, 0) is 48.1 Å². The number of anilines is 2.